The number of aromatic nitrogens is 2. The van der Waals surface area contributed by atoms with Gasteiger partial charge in [-0.1, -0.05) is 11.3 Å². The Kier molecular flexibility index (Phi) is 4.41. The number of anilines is 1. The van der Waals surface area contributed by atoms with Gasteiger partial charge in [-0.3, -0.25) is 4.79 Å². The van der Waals surface area contributed by atoms with Crippen molar-refractivity contribution < 1.29 is 4.79 Å². The minimum atomic E-state index is -0.102. The van der Waals surface area contributed by atoms with E-state index in [0.29, 0.717) is 5.13 Å². The van der Waals surface area contributed by atoms with Gasteiger partial charge in [0, 0.05) is 46.1 Å². The Bertz CT molecular complexity index is 375. The molecule has 0 atom stereocenters. The number of carbonyl (C=O) groups is 1. The summed E-state index contributed by atoms with van der Waals surface area (Å²) in [6.45, 7) is 6.80. The van der Waals surface area contributed by atoms with Crippen LogP contribution in [0.15, 0.2) is 0 Å². The maximum Gasteiger partial charge on any atom is 0.223 e. The molecule has 2 N–H and O–H groups in total. The second kappa shape index (κ2) is 6.04. The van der Waals surface area contributed by atoms with Crippen molar-refractivity contribution in [3.63, 3.8) is 0 Å². The van der Waals surface area contributed by atoms with E-state index in [1.807, 2.05) is 0 Å². The van der Waals surface area contributed by atoms with Crippen molar-refractivity contribution in [2.24, 2.45) is 0 Å². The summed E-state index contributed by atoms with van der Waals surface area (Å²) in [6.07, 6.45) is 0.900. The van der Waals surface area contributed by atoms with E-state index in [2.05, 4.69) is 25.7 Å². The van der Waals surface area contributed by atoms with E-state index in [4.69, 9.17) is 0 Å². The third kappa shape index (κ3) is 4.03. The highest BCUT2D eigenvalue weighted by molar-refractivity contribution is 7.15. The Balaban J connectivity index is 1.78. The lowest BCUT2D eigenvalue weighted by Gasteiger charge is -2.26. The Labute approximate surface area is 104 Å². The summed E-state index contributed by atoms with van der Waals surface area (Å²) in [4.78, 5) is 13.3. The smallest absolute Gasteiger partial charge is 0.223 e. The molecule has 0 radical (unpaired) electrons. The molecule has 0 aliphatic carbocycles. The SMILES string of the molecule is CC(=O)Nc1nnc(CCN2CCNCC2)s1. The summed E-state index contributed by atoms with van der Waals surface area (Å²) in [5.41, 5.74) is 0. The molecule has 94 valence electrons. The lowest BCUT2D eigenvalue weighted by atomic mass is 10.3. The molecule has 1 fully saturated rings. The predicted molar refractivity (Wildman–Crippen MR) is 67.2 cm³/mol. The number of nitrogens with one attached hydrogen (secondary N) is 2. The van der Waals surface area contributed by atoms with Crippen molar-refractivity contribution in [2.75, 3.05) is 38.0 Å². The van der Waals surface area contributed by atoms with Crippen molar-refractivity contribution in [3.8, 4) is 0 Å². The minimum Gasteiger partial charge on any atom is -0.314 e. The number of hydrogen-bond donors (Lipinski definition) is 2. The molecule has 0 bridgehead atoms. The summed E-state index contributed by atoms with van der Waals surface area (Å²) in [6, 6.07) is 0. The molecule has 1 aromatic rings. The zero-order chi connectivity index (χ0) is 12.1. The van der Waals surface area contributed by atoms with Crippen LogP contribution >= 0.6 is 11.3 Å². The van der Waals surface area contributed by atoms with Gasteiger partial charge < -0.3 is 15.5 Å². The van der Waals surface area contributed by atoms with Crippen LogP contribution in [0.3, 0.4) is 0 Å². The van der Waals surface area contributed by atoms with Crippen LogP contribution in [0.2, 0.25) is 0 Å². The fourth-order valence-electron chi connectivity index (χ4n) is 1.74. The summed E-state index contributed by atoms with van der Waals surface area (Å²) in [5, 5.41) is 15.5. The average Bonchev–Trinajstić information content (AvgIpc) is 2.75. The Morgan fingerprint density at radius 3 is 2.94 bits per heavy atom. The van der Waals surface area contributed by atoms with E-state index in [9.17, 15) is 4.79 Å². The molecule has 0 unspecified atom stereocenters. The van der Waals surface area contributed by atoms with E-state index in [0.717, 1.165) is 44.2 Å². The van der Waals surface area contributed by atoms with E-state index in [1.54, 1.807) is 0 Å². The van der Waals surface area contributed by atoms with Gasteiger partial charge in [0.2, 0.25) is 11.0 Å². The van der Waals surface area contributed by atoms with E-state index in [-0.39, 0.29) is 5.91 Å². The van der Waals surface area contributed by atoms with Crippen LogP contribution in [0.4, 0.5) is 5.13 Å². The molecule has 0 aromatic carbocycles. The second-order valence-corrected chi connectivity index (χ2v) is 5.09. The highest BCUT2D eigenvalue weighted by Crippen LogP contribution is 2.15. The lowest BCUT2D eigenvalue weighted by molar-refractivity contribution is -0.114. The largest absolute Gasteiger partial charge is 0.314 e. The Hall–Kier alpha value is -1.05. The van der Waals surface area contributed by atoms with Crippen LogP contribution in [-0.4, -0.2) is 53.7 Å². The number of nitrogens with zero attached hydrogens (tertiary/aromatic N) is 3. The first kappa shape index (κ1) is 12.4. The standard InChI is InChI=1S/C10H17N5OS/c1-8(16)12-10-14-13-9(17-10)2-5-15-6-3-11-4-7-15/h11H,2-7H2,1H3,(H,12,14,16). The number of amides is 1. The number of piperazine rings is 1. The molecular weight excluding hydrogens is 238 g/mol. The first-order valence-corrected chi connectivity index (χ1v) is 6.59. The normalized spacial score (nSPS) is 17.0. The highest BCUT2D eigenvalue weighted by atomic mass is 32.1. The van der Waals surface area contributed by atoms with Crippen molar-refractivity contribution in [1.82, 2.24) is 20.4 Å². The number of hydrogen-bond acceptors (Lipinski definition) is 6. The van der Waals surface area contributed by atoms with Gasteiger partial charge in [-0.15, -0.1) is 10.2 Å². The topological polar surface area (TPSA) is 70.2 Å². The summed E-state index contributed by atoms with van der Waals surface area (Å²) < 4.78 is 0. The minimum absolute atomic E-state index is 0.102. The molecule has 1 saturated heterocycles. The summed E-state index contributed by atoms with van der Waals surface area (Å²) in [7, 11) is 0. The molecule has 1 aliphatic heterocycles. The van der Waals surface area contributed by atoms with E-state index >= 15 is 0 Å². The molecule has 7 heteroatoms. The van der Waals surface area contributed by atoms with Crippen LogP contribution in [0, 0.1) is 0 Å². The van der Waals surface area contributed by atoms with Gasteiger partial charge in [-0.05, 0) is 0 Å². The third-order valence-electron chi connectivity index (χ3n) is 2.60. The van der Waals surface area contributed by atoms with Gasteiger partial charge in [-0.2, -0.15) is 0 Å². The van der Waals surface area contributed by atoms with Crippen LogP contribution in [-0.2, 0) is 11.2 Å². The fourth-order valence-corrected chi connectivity index (χ4v) is 2.52. The number of carbonyl (C=O) groups excluding carboxylic acids is 1. The van der Waals surface area contributed by atoms with E-state index < -0.39 is 0 Å². The summed E-state index contributed by atoms with van der Waals surface area (Å²) >= 11 is 1.45. The van der Waals surface area contributed by atoms with Crippen LogP contribution in [0.1, 0.15) is 11.9 Å². The summed E-state index contributed by atoms with van der Waals surface area (Å²) in [5.74, 6) is -0.102. The molecule has 1 aromatic heterocycles. The maximum absolute atomic E-state index is 10.8. The molecule has 0 spiro atoms. The molecule has 2 heterocycles. The van der Waals surface area contributed by atoms with Gasteiger partial charge in [0.1, 0.15) is 5.01 Å². The zero-order valence-corrected chi connectivity index (χ0v) is 10.7. The first-order valence-electron chi connectivity index (χ1n) is 5.77. The van der Waals surface area contributed by atoms with Crippen molar-refractivity contribution in [3.05, 3.63) is 5.01 Å². The van der Waals surface area contributed by atoms with Gasteiger partial charge in [-0.25, -0.2) is 0 Å². The average molecular weight is 255 g/mol. The van der Waals surface area contributed by atoms with Crippen LogP contribution < -0.4 is 10.6 Å². The quantitative estimate of drug-likeness (QED) is 0.789. The predicted octanol–water partition coefficient (Wildman–Crippen LogP) is -0.0558. The third-order valence-corrected chi connectivity index (χ3v) is 3.50. The zero-order valence-electron chi connectivity index (χ0n) is 9.90. The van der Waals surface area contributed by atoms with Crippen LogP contribution in [0.25, 0.3) is 0 Å². The van der Waals surface area contributed by atoms with Gasteiger partial charge >= 0.3 is 0 Å². The second-order valence-electron chi connectivity index (χ2n) is 4.02. The van der Waals surface area contributed by atoms with E-state index in [1.165, 1.54) is 18.3 Å². The van der Waals surface area contributed by atoms with Gasteiger partial charge in [0.25, 0.3) is 0 Å². The lowest BCUT2D eigenvalue weighted by Crippen LogP contribution is -2.44. The monoisotopic (exact) mass is 255 g/mol. The molecule has 17 heavy (non-hydrogen) atoms. The van der Waals surface area contributed by atoms with Crippen LogP contribution in [0.5, 0.6) is 0 Å². The highest BCUT2D eigenvalue weighted by Gasteiger charge is 2.11. The van der Waals surface area contributed by atoms with Crippen molar-refractivity contribution in [1.29, 1.82) is 0 Å². The Morgan fingerprint density at radius 2 is 2.24 bits per heavy atom. The molecule has 6 nitrogen and oxygen atoms in total. The molecule has 1 aliphatic rings. The first-order chi connectivity index (χ1) is 8.24. The van der Waals surface area contributed by atoms with Crippen molar-refractivity contribution in [2.45, 2.75) is 13.3 Å². The molecule has 1 amide bonds. The fraction of sp³-hybridized carbons (Fsp3) is 0.700. The Morgan fingerprint density at radius 1 is 1.47 bits per heavy atom. The number of rotatable bonds is 4. The molecule has 2 rings (SSSR count). The van der Waals surface area contributed by atoms with Crippen molar-refractivity contribution >= 4 is 22.4 Å². The van der Waals surface area contributed by atoms with Gasteiger partial charge in [0.15, 0.2) is 0 Å². The maximum atomic E-state index is 10.8. The van der Waals surface area contributed by atoms with Gasteiger partial charge in [0.05, 0.1) is 0 Å². The molecular formula is C10H17N5OS. The molecule has 0 saturated carbocycles.